The van der Waals surface area contributed by atoms with E-state index < -0.39 is 0 Å². The van der Waals surface area contributed by atoms with E-state index >= 15 is 0 Å². The summed E-state index contributed by atoms with van der Waals surface area (Å²) in [5, 5.41) is 12.3. The number of nitrogens with one attached hydrogen (secondary N) is 1. The highest BCUT2D eigenvalue weighted by Crippen LogP contribution is 2.20. The van der Waals surface area contributed by atoms with Crippen LogP contribution < -0.4 is 5.32 Å². The Morgan fingerprint density at radius 2 is 1.94 bits per heavy atom. The number of nitriles is 1. The topological polar surface area (TPSA) is 35.8 Å². The molecule has 0 fully saturated rings. The van der Waals surface area contributed by atoms with Crippen LogP contribution in [0.25, 0.3) is 0 Å². The van der Waals surface area contributed by atoms with Crippen LogP contribution in [0.5, 0.6) is 0 Å². The van der Waals surface area contributed by atoms with Crippen molar-refractivity contribution in [2.45, 2.75) is 31.6 Å². The van der Waals surface area contributed by atoms with Gasteiger partial charge in [0, 0.05) is 17.2 Å². The van der Waals surface area contributed by atoms with Crippen LogP contribution in [0, 0.1) is 16.7 Å². The van der Waals surface area contributed by atoms with Crippen molar-refractivity contribution in [3.63, 3.8) is 0 Å². The quantitative estimate of drug-likeness (QED) is 0.573. The van der Waals surface area contributed by atoms with Gasteiger partial charge in [0.15, 0.2) is 0 Å². The monoisotopic (exact) mass is 262 g/mol. The Kier molecular flexibility index (Phi) is 6.85. The van der Waals surface area contributed by atoms with Gasteiger partial charge in [0.25, 0.3) is 0 Å². The van der Waals surface area contributed by atoms with Crippen LogP contribution >= 0.6 is 11.8 Å². The molecule has 0 radical (unpaired) electrons. The third kappa shape index (κ3) is 6.68. The maximum Gasteiger partial charge on any atom is 0.0683 e. The van der Waals surface area contributed by atoms with Gasteiger partial charge in [-0.15, -0.1) is 11.8 Å². The average molecular weight is 262 g/mol. The lowest BCUT2D eigenvalue weighted by Gasteiger charge is -2.14. The van der Waals surface area contributed by atoms with Crippen LogP contribution in [0.2, 0.25) is 0 Å². The minimum absolute atomic E-state index is 0.180. The molecule has 3 heteroatoms. The fourth-order valence-corrected chi connectivity index (χ4v) is 2.43. The van der Waals surface area contributed by atoms with Gasteiger partial charge in [0.2, 0.25) is 0 Å². The second-order valence-corrected chi connectivity index (χ2v) is 6.18. The molecular formula is C15H22N2S. The van der Waals surface area contributed by atoms with E-state index in [1.165, 1.54) is 4.90 Å². The molecule has 0 aromatic heterocycles. The Bertz CT molecular complexity index is 368. The lowest BCUT2D eigenvalue weighted by atomic mass is 9.90. The normalized spacial score (nSPS) is 11.2. The van der Waals surface area contributed by atoms with E-state index in [1.54, 1.807) is 0 Å². The van der Waals surface area contributed by atoms with Crippen LogP contribution in [-0.4, -0.2) is 18.8 Å². The summed E-state index contributed by atoms with van der Waals surface area (Å²) in [7, 11) is 0. The zero-order chi connectivity index (χ0) is 13.3. The summed E-state index contributed by atoms with van der Waals surface area (Å²) in [4.78, 5) is 1.32. The van der Waals surface area contributed by atoms with Crippen LogP contribution in [0.4, 0.5) is 0 Å². The molecule has 0 saturated heterocycles. The van der Waals surface area contributed by atoms with E-state index in [0.717, 1.165) is 31.7 Å². The molecule has 0 heterocycles. The van der Waals surface area contributed by atoms with Gasteiger partial charge in [-0.05, 0) is 45.4 Å². The molecule has 0 spiro atoms. The molecule has 0 unspecified atom stereocenters. The lowest BCUT2D eigenvalue weighted by Crippen LogP contribution is -2.20. The van der Waals surface area contributed by atoms with E-state index in [1.807, 2.05) is 31.7 Å². The summed E-state index contributed by atoms with van der Waals surface area (Å²) in [5.74, 6) is 1.09. The zero-order valence-corrected chi connectivity index (χ0v) is 12.1. The molecule has 0 aliphatic heterocycles. The standard InChI is InChI=1S/C15H22N2S/c1-15(2,13-16)9-6-10-17-11-12-18-14-7-4-3-5-8-14/h3-5,7-8,17H,6,9-12H2,1-2H3. The largest absolute Gasteiger partial charge is 0.316 e. The maximum atomic E-state index is 8.89. The Balaban J connectivity index is 1.98. The molecule has 2 nitrogen and oxygen atoms in total. The van der Waals surface area contributed by atoms with Crippen molar-refractivity contribution in [2.24, 2.45) is 5.41 Å². The molecule has 0 aliphatic rings. The third-order valence-electron chi connectivity index (χ3n) is 2.75. The van der Waals surface area contributed by atoms with Gasteiger partial charge in [-0.3, -0.25) is 0 Å². The SMILES string of the molecule is CC(C)(C#N)CCCNCCSc1ccccc1. The molecule has 0 saturated carbocycles. The van der Waals surface area contributed by atoms with E-state index in [-0.39, 0.29) is 5.41 Å². The Labute approximate surface area is 115 Å². The summed E-state index contributed by atoms with van der Waals surface area (Å²) in [6.07, 6.45) is 2.03. The van der Waals surface area contributed by atoms with E-state index in [2.05, 4.69) is 35.7 Å². The molecule has 0 bridgehead atoms. The number of hydrogen-bond donors (Lipinski definition) is 1. The van der Waals surface area contributed by atoms with Crippen molar-refractivity contribution in [2.75, 3.05) is 18.8 Å². The number of hydrogen-bond acceptors (Lipinski definition) is 3. The van der Waals surface area contributed by atoms with Crippen LogP contribution in [0.15, 0.2) is 35.2 Å². The number of thioether (sulfide) groups is 1. The van der Waals surface area contributed by atoms with Gasteiger partial charge in [0.05, 0.1) is 11.5 Å². The molecule has 1 rings (SSSR count). The molecule has 18 heavy (non-hydrogen) atoms. The predicted octanol–water partition coefficient (Wildman–Crippen LogP) is 3.70. The van der Waals surface area contributed by atoms with E-state index in [0.29, 0.717) is 0 Å². The van der Waals surface area contributed by atoms with E-state index in [9.17, 15) is 0 Å². The molecule has 98 valence electrons. The summed E-state index contributed by atoms with van der Waals surface area (Å²) in [6, 6.07) is 12.8. The van der Waals surface area contributed by atoms with Crippen molar-refractivity contribution < 1.29 is 0 Å². The van der Waals surface area contributed by atoms with Gasteiger partial charge >= 0.3 is 0 Å². The summed E-state index contributed by atoms with van der Waals surface area (Å²) in [6.45, 7) is 6.02. The minimum atomic E-state index is -0.180. The number of benzene rings is 1. The number of rotatable bonds is 8. The first-order valence-corrected chi connectivity index (χ1v) is 7.42. The summed E-state index contributed by atoms with van der Waals surface area (Å²) >= 11 is 1.87. The molecule has 0 amide bonds. The molecule has 0 atom stereocenters. The smallest absolute Gasteiger partial charge is 0.0683 e. The Morgan fingerprint density at radius 3 is 2.61 bits per heavy atom. The molecule has 1 N–H and O–H groups in total. The number of nitrogens with zero attached hydrogens (tertiary/aromatic N) is 1. The fourth-order valence-electron chi connectivity index (χ4n) is 1.59. The summed E-state index contributed by atoms with van der Waals surface area (Å²) in [5.41, 5.74) is -0.180. The van der Waals surface area contributed by atoms with Gasteiger partial charge < -0.3 is 5.32 Å². The van der Waals surface area contributed by atoms with Gasteiger partial charge in [0.1, 0.15) is 0 Å². The molecule has 1 aromatic rings. The second-order valence-electron chi connectivity index (χ2n) is 5.01. The first-order chi connectivity index (χ1) is 8.64. The maximum absolute atomic E-state index is 8.89. The summed E-state index contributed by atoms with van der Waals surface area (Å²) < 4.78 is 0. The van der Waals surface area contributed by atoms with Crippen molar-refractivity contribution in [3.05, 3.63) is 30.3 Å². The van der Waals surface area contributed by atoms with E-state index in [4.69, 9.17) is 5.26 Å². The molecule has 1 aromatic carbocycles. The first kappa shape index (κ1) is 15.1. The molecule has 0 aliphatic carbocycles. The molecular weight excluding hydrogens is 240 g/mol. The zero-order valence-electron chi connectivity index (χ0n) is 11.3. The third-order valence-corrected chi connectivity index (χ3v) is 3.76. The van der Waals surface area contributed by atoms with Crippen LogP contribution in [-0.2, 0) is 0 Å². The Hall–Kier alpha value is -0.980. The first-order valence-electron chi connectivity index (χ1n) is 6.44. The highest BCUT2D eigenvalue weighted by Gasteiger charge is 2.14. The van der Waals surface area contributed by atoms with Crippen molar-refractivity contribution in [1.82, 2.24) is 5.32 Å². The van der Waals surface area contributed by atoms with Crippen molar-refractivity contribution in [3.8, 4) is 6.07 Å². The highest BCUT2D eigenvalue weighted by atomic mass is 32.2. The Morgan fingerprint density at radius 1 is 1.22 bits per heavy atom. The highest BCUT2D eigenvalue weighted by molar-refractivity contribution is 7.99. The van der Waals surface area contributed by atoms with Gasteiger partial charge in [-0.2, -0.15) is 5.26 Å². The average Bonchev–Trinajstić information content (AvgIpc) is 2.39. The van der Waals surface area contributed by atoms with Crippen molar-refractivity contribution in [1.29, 1.82) is 5.26 Å². The fraction of sp³-hybridized carbons (Fsp3) is 0.533. The van der Waals surface area contributed by atoms with Crippen molar-refractivity contribution >= 4 is 11.8 Å². The van der Waals surface area contributed by atoms with Gasteiger partial charge in [-0.25, -0.2) is 0 Å². The van der Waals surface area contributed by atoms with Gasteiger partial charge in [-0.1, -0.05) is 18.2 Å². The van der Waals surface area contributed by atoms with Crippen LogP contribution in [0.3, 0.4) is 0 Å². The van der Waals surface area contributed by atoms with Crippen LogP contribution in [0.1, 0.15) is 26.7 Å². The lowest BCUT2D eigenvalue weighted by molar-refractivity contribution is 0.428. The predicted molar refractivity (Wildman–Crippen MR) is 78.7 cm³/mol. The minimum Gasteiger partial charge on any atom is -0.316 e. The second kappa shape index (κ2) is 8.18.